The summed E-state index contributed by atoms with van der Waals surface area (Å²) >= 11 is 0. The third-order valence-corrected chi connectivity index (χ3v) is 11.5. The van der Waals surface area contributed by atoms with Crippen molar-refractivity contribution in [3.8, 4) is 17.2 Å². The van der Waals surface area contributed by atoms with E-state index >= 15 is 0 Å². The number of ether oxygens (including phenoxy) is 3. The van der Waals surface area contributed by atoms with Crippen LogP contribution in [0, 0.1) is 0 Å². The Balaban J connectivity index is 1.28. The van der Waals surface area contributed by atoms with E-state index in [2.05, 4.69) is 36.7 Å². The molecule has 3 aromatic carbocycles. The van der Waals surface area contributed by atoms with E-state index in [4.69, 9.17) is 29.2 Å². The summed E-state index contributed by atoms with van der Waals surface area (Å²) in [6, 6.07) is 23.9. The number of benzene rings is 3. The van der Waals surface area contributed by atoms with E-state index in [0.717, 1.165) is 73.4 Å². The topological polar surface area (TPSA) is 102 Å². The van der Waals surface area contributed by atoms with Crippen molar-refractivity contribution in [2.45, 2.75) is 194 Å². The second-order valence-corrected chi connectivity index (χ2v) is 17.3. The zero-order chi connectivity index (χ0) is 44.3. The van der Waals surface area contributed by atoms with Crippen molar-refractivity contribution >= 4 is 34.9 Å². The fourth-order valence-corrected chi connectivity index (χ4v) is 7.64. The van der Waals surface area contributed by atoms with E-state index in [1.54, 1.807) is 0 Å². The molecule has 0 bridgehead atoms. The van der Waals surface area contributed by atoms with Crippen LogP contribution in [0.1, 0.15) is 194 Å². The molecule has 0 radical (unpaired) electrons. The number of nitrogens with one attached hydrogen (secondary N) is 3. The van der Waals surface area contributed by atoms with Gasteiger partial charge in [0.2, 0.25) is 17.8 Å². The van der Waals surface area contributed by atoms with E-state index in [1.807, 2.05) is 72.8 Å². The average molecular weight is 865 g/mol. The molecule has 0 fully saturated rings. The van der Waals surface area contributed by atoms with E-state index in [-0.39, 0.29) is 0 Å². The summed E-state index contributed by atoms with van der Waals surface area (Å²) in [5.74, 6) is 3.84. The number of hydrogen-bond acceptors (Lipinski definition) is 9. The summed E-state index contributed by atoms with van der Waals surface area (Å²) in [5, 5.41) is 10.1. The molecule has 0 aliphatic heterocycles. The normalized spacial score (nSPS) is 11.1. The third kappa shape index (κ3) is 24.2. The Bertz CT molecular complexity index is 1470. The summed E-state index contributed by atoms with van der Waals surface area (Å²) in [5.41, 5.74) is 2.57. The first kappa shape index (κ1) is 51.1. The fraction of sp³-hybridized carbons (Fsp3) is 0.611. The van der Waals surface area contributed by atoms with Gasteiger partial charge in [-0.2, -0.15) is 15.0 Å². The highest BCUT2D eigenvalue weighted by Gasteiger charge is 2.10. The third-order valence-electron chi connectivity index (χ3n) is 11.5. The summed E-state index contributed by atoms with van der Waals surface area (Å²) in [6.45, 7) is 9.02. The first-order valence-corrected chi connectivity index (χ1v) is 25.4. The van der Waals surface area contributed by atoms with Crippen molar-refractivity contribution in [3.63, 3.8) is 0 Å². The minimum atomic E-state index is 0.417. The van der Waals surface area contributed by atoms with Gasteiger partial charge in [0, 0.05) is 17.1 Å². The minimum Gasteiger partial charge on any atom is -0.494 e. The Hall–Kier alpha value is -4.53. The number of nitrogens with zero attached hydrogens (tertiary/aromatic N) is 3. The van der Waals surface area contributed by atoms with Gasteiger partial charge in [-0.1, -0.05) is 175 Å². The maximum absolute atomic E-state index is 6.06. The molecule has 1 heterocycles. The summed E-state index contributed by atoms with van der Waals surface area (Å²) < 4.78 is 18.2. The molecule has 0 spiro atoms. The molecule has 3 N–H and O–H groups in total. The number of aromatic nitrogens is 3. The lowest BCUT2D eigenvalue weighted by Gasteiger charge is -2.13. The van der Waals surface area contributed by atoms with Gasteiger partial charge in [-0.3, -0.25) is 0 Å². The van der Waals surface area contributed by atoms with Crippen LogP contribution in [-0.2, 0) is 0 Å². The first-order valence-electron chi connectivity index (χ1n) is 25.4. The molecular weight excluding hydrogens is 781 g/mol. The lowest BCUT2D eigenvalue weighted by Crippen LogP contribution is -2.07. The molecular formula is C54H84N6O3. The number of anilines is 6. The van der Waals surface area contributed by atoms with Gasteiger partial charge in [-0.15, -0.1) is 0 Å². The van der Waals surface area contributed by atoms with Gasteiger partial charge in [0.05, 0.1) is 19.8 Å². The molecule has 0 aliphatic carbocycles. The molecule has 0 amide bonds. The molecule has 0 saturated carbocycles. The minimum absolute atomic E-state index is 0.417. The van der Waals surface area contributed by atoms with Crippen molar-refractivity contribution in [2.24, 2.45) is 0 Å². The zero-order valence-electron chi connectivity index (χ0n) is 39.7. The van der Waals surface area contributed by atoms with Crippen LogP contribution in [0.2, 0.25) is 0 Å². The SMILES string of the molecule is CCCCCCCCCCCOc1ccc(Nc2nc(Nc3ccc(OCCCCCCCCCCC)cc3)nc(Nc3ccc(OCCCCCCCCCCC)cc3)n2)cc1. The van der Waals surface area contributed by atoms with Crippen LogP contribution >= 0.6 is 0 Å². The van der Waals surface area contributed by atoms with Crippen LogP contribution in [0.3, 0.4) is 0 Å². The molecule has 9 heteroatoms. The summed E-state index contributed by atoms with van der Waals surface area (Å²) in [4.78, 5) is 14.2. The average Bonchev–Trinajstić information content (AvgIpc) is 3.30. The Kier molecular flexibility index (Phi) is 27.5. The number of rotatable bonds is 39. The Morgan fingerprint density at radius 3 is 0.714 bits per heavy atom. The van der Waals surface area contributed by atoms with Crippen molar-refractivity contribution in [1.82, 2.24) is 15.0 Å². The van der Waals surface area contributed by atoms with E-state index in [0.29, 0.717) is 17.8 Å². The second kappa shape index (κ2) is 34.0. The fourth-order valence-electron chi connectivity index (χ4n) is 7.64. The maximum Gasteiger partial charge on any atom is 0.233 e. The van der Waals surface area contributed by atoms with Crippen LogP contribution in [0.5, 0.6) is 17.2 Å². The smallest absolute Gasteiger partial charge is 0.233 e. The van der Waals surface area contributed by atoms with Gasteiger partial charge in [0.25, 0.3) is 0 Å². The standard InChI is InChI=1S/C54H84N6O3/c1-4-7-10-13-16-19-22-25-28-43-61-49-37-31-46(32-38-49)55-52-58-53(56-47-33-39-50(40-34-47)62-44-29-26-23-20-17-14-11-8-5-2)60-54(59-52)57-48-35-41-51(42-36-48)63-45-30-27-24-21-18-15-12-9-6-3/h31-42H,4-30,43-45H2,1-3H3,(H3,55,56,57,58,59,60). The largest absolute Gasteiger partial charge is 0.494 e. The molecule has 348 valence electrons. The highest BCUT2D eigenvalue weighted by Crippen LogP contribution is 2.25. The number of hydrogen-bond donors (Lipinski definition) is 3. The van der Waals surface area contributed by atoms with Gasteiger partial charge in [0.15, 0.2) is 0 Å². The van der Waals surface area contributed by atoms with Crippen molar-refractivity contribution in [1.29, 1.82) is 0 Å². The maximum atomic E-state index is 6.06. The molecule has 9 nitrogen and oxygen atoms in total. The summed E-state index contributed by atoms with van der Waals surface area (Å²) in [7, 11) is 0. The molecule has 1 aromatic heterocycles. The van der Waals surface area contributed by atoms with E-state index in [1.165, 1.54) is 154 Å². The molecule has 63 heavy (non-hydrogen) atoms. The highest BCUT2D eigenvalue weighted by molar-refractivity contribution is 5.62. The van der Waals surface area contributed by atoms with Crippen molar-refractivity contribution in [3.05, 3.63) is 72.8 Å². The molecule has 0 atom stereocenters. The van der Waals surface area contributed by atoms with Crippen LogP contribution in [-0.4, -0.2) is 34.8 Å². The molecule has 0 saturated heterocycles. The van der Waals surface area contributed by atoms with Crippen LogP contribution in [0.25, 0.3) is 0 Å². The highest BCUT2D eigenvalue weighted by atomic mass is 16.5. The van der Waals surface area contributed by atoms with Crippen LogP contribution < -0.4 is 30.2 Å². The molecule has 4 aromatic rings. The number of unbranched alkanes of at least 4 members (excludes halogenated alkanes) is 24. The predicted molar refractivity (Wildman–Crippen MR) is 267 cm³/mol. The second-order valence-electron chi connectivity index (χ2n) is 17.3. The zero-order valence-corrected chi connectivity index (χ0v) is 39.7. The van der Waals surface area contributed by atoms with Crippen LogP contribution in [0.4, 0.5) is 34.9 Å². The summed E-state index contributed by atoms with van der Waals surface area (Å²) in [6.07, 6.45) is 35.1. The van der Waals surface area contributed by atoms with E-state index in [9.17, 15) is 0 Å². The molecule has 4 rings (SSSR count). The monoisotopic (exact) mass is 865 g/mol. The van der Waals surface area contributed by atoms with Gasteiger partial charge < -0.3 is 30.2 Å². The van der Waals surface area contributed by atoms with Gasteiger partial charge in [-0.25, -0.2) is 0 Å². The van der Waals surface area contributed by atoms with Gasteiger partial charge >= 0.3 is 0 Å². The lowest BCUT2D eigenvalue weighted by atomic mass is 10.1. The van der Waals surface area contributed by atoms with Gasteiger partial charge in [0.1, 0.15) is 17.2 Å². The lowest BCUT2D eigenvalue weighted by molar-refractivity contribution is 0.304. The quantitative estimate of drug-likeness (QED) is 0.0378. The molecule has 0 unspecified atom stereocenters. The van der Waals surface area contributed by atoms with Crippen molar-refractivity contribution in [2.75, 3.05) is 35.8 Å². The van der Waals surface area contributed by atoms with Crippen molar-refractivity contribution < 1.29 is 14.2 Å². The Morgan fingerprint density at radius 1 is 0.286 bits per heavy atom. The van der Waals surface area contributed by atoms with E-state index < -0.39 is 0 Å². The molecule has 0 aliphatic rings. The Labute approximate surface area is 382 Å². The van der Waals surface area contributed by atoms with Crippen LogP contribution in [0.15, 0.2) is 72.8 Å². The first-order chi connectivity index (χ1) is 31.1. The Morgan fingerprint density at radius 2 is 0.492 bits per heavy atom. The van der Waals surface area contributed by atoms with Gasteiger partial charge in [-0.05, 0) is 92.1 Å². The predicted octanol–water partition coefficient (Wildman–Crippen LogP) is 16.8.